The van der Waals surface area contributed by atoms with Crippen molar-refractivity contribution in [3.8, 4) is 5.75 Å². The van der Waals surface area contributed by atoms with Gasteiger partial charge in [-0.05, 0) is 38.8 Å². The SMILES string of the molecule is CCN(CC1CCNCC1)C(=O)c1cc(OC)cs1. The fourth-order valence-corrected chi connectivity index (χ4v) is 3.25. The Bertz CT molecular complexity index is 413. The topological polar surface area (TPSA) is 41.6 Å². The molecule has 0 aromatic carbocycles. The molecule has 0 aliphatic carbocycles. The summed E-state index contributed by atoms with van der Waals surface area (Å²) in [4.78, 5) is 15.2. The van der Waals surface area contributed by atoms with Gasteiger partial charge < -0.3 is 15.0 Å². The number of hydrogen-bond donors (Lipinski definition) is 1. The molecule has 0 bridgehead atoms. The van der Waals surface area contributed by atoms with Crippen molar-refractivity contribution in [2.45, 2.75) is 19.8 Å². The number of carbonyl (C=O) groups excluding carboxylic acids is 1. The molecule has 1 aromatic heterocycles. The lowest BCUT2D eigenvalue weighted by Gasteiger charge is -2.29. The fourth-order valence-electron chi connectivity index (χ4n) is 2.43. The monoisotopic (exact) mass is 282 g/mol. The van der Waals surface area contributed by atoms with Crippen molar-refractivity contribution < 1.29 is 9.53 Å². The Morgan fingerprint density at radius 1 is 1.53 bits per heavy atom. The van der Waals surface area contributed by atoms with Gasteiger partial charge >= 0.3 is 0 Å². The highest BCUT2D eigenvalue weighted by molar-refractivity contribution is 7.12. The second kappa shape index (κ2) is 6.91. The molecular formula is C14H22N2O2S. The van der Waals surface area contributed by atoms with Gasteiger partial charge in [0.25, 0.3) is 5.91 Å². The normalized spacial score (nSPS) is 16.3. The summed E-state index contributed by atoms with van der Waals surface area (Å²) < 4.78 is 5.14. The van der Waals surface area contributed by atoms with Crippen LogP contribution in [0.25, 0.3) is 0 Å². The van der Waals surface area contributed by atoms with Crippen molar-refractivity contribution in [3.63, 3.8) is 0 Å². The molecule has 2 rings (SSSR count). The quantitative estimate of drug-likeness (QED) is 0.900. The summed E-state index contributed by atoms with van der Waals surface area (Å²) in [7, 11) is 1.63. The molecule has 0 saturated carbocycles. The van der Waals surface area contributed by atoms with Crippen molar-refractivity contribution in [2.24, 2.45) is 5.92 Å². The van der Waals surface area contributed by atoms with Crippen LogP contribution in [-0.2, 0) is 0 Å². The Morgan fingerprint density at radius 2 is 2.26 bits per heavy atom. The number of methoxy groups -OCH3 is 1. The molecule has 1 aliphatic heterocycles. The van der Waals surface area contributed by atoms with E-state index in [4.69, 9.17) is 4.74 Å². The Balaban J connectivity index is 1.97. The summed E-state index contributed by atoms with van der Waals surface area (Å²) in [6, 6.07) is 1.83. The van der Waals surface area contributed by atoms with Gasteiger partial charge in [-0.1, -0.05) is 0 Å². The standard InChI is InChI=1S/C14H22N2O2S/c1-3-16(9-11-4-6-15-7-5-11)14(17)13-8-12(18-2)10-19-13/h8,10-11,15H,3-7,9H2,1-2H3. The minimum absolute atomic E-state index is 0.134. The van der Waals surface area contributed by atoms with Gasteiger partial charge in [-0.25, -0.2) is 0 Å². The van der Waals surface area contributed by atoms with Crippen LogP contribution in [-0.4, -0.2) is 44.1 Å². The average molecular weight is 282 g/mol. The lowest BCUT2D eigenvalue weighted by atomic mass is 9.97. The summed E-state index contributed by atoms with van der Waals surface area (Å²) in [5.41, 5.74) is 0. The highest BCUT2D eigenvalue weighted by Gasteiger charge is 2.21. The Kier molecular flexibility index (Phi) is 5.22. The van der Waals surface area contributed by atoms with E-state index in [-0.39, 0.29) is 5.91 Å². The van der Waals surface area contributed by atoms with E-state index in [9.17, 15) is 4.79 Å². The van der Waals surface area contributed by atoms with E-state index >= 15 is 0 Å². The number of piperidine rings is 1. The highest BCUT2D eigenvalue weighted by Crippen LogP contribution is 2.23. The molecule has 1 saturated heterocycles. The third-order valence-corrected chi connectivity index (χ3v) is 4.52. The largest absolute Gasteiger partial charge is 0.496 e. The van der Waals surface area contributed by atoms with Gasteiger partial charge in [0.2, 0.25) is 0 Å². The van der Waals surface area contributed by atoms with E-state index in [1.807, 2.05) is 23.3 Å². The molecule has 0 radical (unpaired) electrons. The summed E-state index contributed by atoms with van der Waals surface area (Å²) in [6.07, 6.45) is 2.33. The second-order valence-electron chi connectivity index (χ2n) is 4.89. The van der Waals surface area contributed by atoms with E-state index in [1.54, 1.807) is 7.11 Å². The fraction of sp³-hybridized carbons (Fsp3) is 0.643. The predicted octanol–water partition coefficient (Wildman–Crippen LogP) is 2.22. The van der Waals surface area contributed by atoms with E-state index in [0.29, 0.717) is 5.92 Å². The van der Waals surface area contributed by atoms with Crippen LogP contribution < -0.4 is 10.1 Å². The van der Waals surface area contributed by atoms with Gasteiger partial charge in [-0.3, -0.25) is 4.79 Å². The van der Waals surface area contributed by atoms with E-state index in [1.165, 1.54) is 11.3 Å². The van der Waals surface area contributed by atoms with Crippen molar-refractivity contribution in [3.05, 3.63) is 16.3 Å². The minimum atomic E-state index is 0.134. The number of nitrogens with one attached hydrogen (secondary N) is 1. The van der Waals surface area contributed by atoms with Gasteiger partial charge in [0, 0.05) is 24.5 Å². The van der Waals surface area contributed by atoms with E-state index < -0.39 is 0 Å². The van der Waals surface area contributed by atoms with Crippen LogP contribution in [0.3, 0.4) is 0 Å². The molecule has 0 unspecified atom stereocenters. The maximum atomic E-state index is 12.4. The highest BCUT2D eigenvalue weighted by atomic mass is 32.1. The van der Waals surface area contributed by atoms with Gasteiger partial charge in [0.05, 0.1) is 12.0 Å². The lowest BCUT2D eigenvalue weighted by Crippen LogP contribution is -2.39. The van der Waals surface area contributed by atoms with Gasteiger partial charge in [-0.2, -0.15) is 0 Å². The molecule has 1 amide bonds. The first-order valence-corrected chi connectivity index (χ1v) is 7.75. The number of nitrogens with zero attached hydrogens (tertiary/aromatic N) is 1. The van der Waals surface area contributed by atoms with E-state index in [0.717, 1.165) is 49.6 Å². The van der Waals surface area contributed by atoms with Crippen LogP contribution in [0.15, 0.2) is 11.4 Å². The smallest absolute Gasteiger partial charge is 0.264 e. The Labute approximate surface area is 118 Å². The second-order valence-corrected chi connectivity index (χ2v) is 5.80. The molecule has 1 fully saturated rings. The zero-order valence-corrected chi connectivity index (χ0v) is 12.5. The third-order valence-electron chi connectivity index (χ3n) is 3.63. The van der Waals surface area contributed by atoms with Crippen LogP contribution in [0.4, 0.5) is 0 Å². The number of thiophene rings is 1. The zero-order chi connectivity index (χ0) is 13.7. The Morgan fingerprint density at radius 3 is 2.84 bits per heavy atom. The van der Waals surface area contributed by atoms with Crippen LogP contribution >= 0.6 is 11.3 Å². The summed E-state index contributed by atoms with van der Waals surface area (Å²) in [6.45, 7) is 5.83. The van der Waals surface area contributed by atoms with Crippen LogP contribution in [0, 0.1) is 5.92 Å². The van der Waals surface area contributed by atoms with E-state index in [2.05, 4.69) is 5.32 Å². The maximum Gasteiger partial charge on any atom is 0.264 e. The first-order valence-electron chi connectivity index (χ1n) is 6.87. The molecule has 0 spiro atoms. The zero-order valence-electron chi connectivity index (χ0n) is 11.6. The molecule has 1 aromatic rings. The maximum absolute atomic E-state index is 12.4. The average Bonchev–Trinajstić information content (AvgIpc) is 2.94. The molecule has 5 heteroatoms. The van der Waals surface area contributed by atoms with Crippen molar-refractivity contribution in [1.29, 1.82) is 0 Å². The molecule has 0 atom stereocenters. The number of amides is 1. The predicted molar refractivity (Wildman–Crippen MR) is 78.0 cm³/mol. The third kappa shape index (κ3) is 3.70. The number of carbonyl (C=O) groups is 1. The molecule has 1 N–H and O–H groups in total. The molecular weight excluding hydrogens is 260 g/mol. The summed E-state index contributed by atoms with van der Waals surface area (Å²) in [5.74, 6) is 1.53. The van der Waals surface area contributed by atoms with Gasteiger partial charge in [-0.15, -0.1) is 11.3 Å². The Hall–Kier alpha value is -1.07. The van der Waals surface area contributed by atoms with Crippen molar-refractivity contribution in [1.82, 2.24) is 10.2 Å². The van der Waals surface area contributed by atoms with Crippen LogP contribution in [0.5, 0.6) is 5.75 Å². The molecule has 19 heavy (non-hydrogen) atoms. The minimum Gasteiger partial charge on any atom is -0.496 e. The molecule has 1 aliphatic rings. The van der Waals surface area contributed by atoms with Gasteiger partial charge in [0.15, 0.2) is 0 Å². The summed E-state index contributed by atoms with van der Waals surface area (Å²) >= 11 is 1.46. The van der Waals surface area contributed by atoms with Crippen LogP contribution in [0.1, 0.15) is 29.4 Å². The number of rotatable bonds is 5. The first-order chi connectivity index (χ1) is 9.24. The molecule has 4 nitrogen and oxygen atoms in total. The van der Waals surface area contributed by atoms with Crippen LogP contribution in [0.2, 0.25) is 0 Å². The van der Waals surface area contributed by atoms with Gasteiger partial charge in [0.1, 0.15) is 5.75 Å². The summed E-state index contributed by atoms with van der Waals surface area (Å²) in [5, 5.41) is 5.24. The lowest BCUT2D eigenvalue weighted by molar-refractivity contribution is 0.0731. The number of hydrogen-bond acceptors (Lipinski definition) is 4. The first kappa shape index (κ1) is 14.3. The van der Waals surface area contributed by atoms with Crippen molar-refractivity contribution >= 4 is 17.2 Å². The molecule has 106 valence electrons. The number of ether oxygens (including phenoxy) is 1. The van der Waals surface area contributed by atoms with Crippen molar-refractivity contribution in [2.75, 3.05) is 33.3 Å². The molecule has 2 heterocycles.